The van der Waals surface area contributed by atoms with Gasteiger partial charge in [0.25, 0.3) is 0 Å². The molecule has 0 radical (unpaired) electrons. The third-order valence-electron chi connectivity index (χ3n) is 4.35. The predicted octanol–water partition coefficient (Wildman–Crippen LogP) is 5.23. The smallest absolute Gasteiger partial charge is 0.161 e. The summed E-state index contributed by atoms with van der Waals surface area (Å²) in [6.07, 6.45) is 0. The summed E-state index contributed by atoms with van der Waals surface area (Å²) < 4.78 is 23.9. The lowest BCUT2D eigenvalue weighted by molar-refractivity contribution is 0.246. The van der Waals surface area contributed by atoms with E-state index in [1.807, 2.05) is 59.3 Å². The lowest BCUT2D eigenvalue weighted by atomic mass is 10.3. The Bertz CT molecular complexity index is 969. The Morgan fingerprint density at radius 2 is 0.900 bits per heavy atom. The van der Waals surface area contributed by atoms with Gasteiger partial charge in [-0.15, -0.1) is 22.7 Å². The van der Waals surface area contributed by atoms with Gasteiger partial charge in [0.15, 0.2) is 23.0 Å². The summed E-state index contributed by atoms with van der Waals surface area (Å²) >= 11 is 3.09. The highest BCUT2D eigenvalue weighted by Gasteiger charge is 2.12. The molecule has 5 rings (SSSR count). The minimum atomic E-state index is 0.359. The molecule has 152 valence electrons. The summed E-state index contributed by atoms with van der Waals surface area (Å²) in [6, 6.07) is 15.3. The van der Waals surface area contributed by atoms with Crippen LogP contribution in [0.5, 0.6) is 23.0 Å². The molecule has 0 saturated heterocycles. The van der Waals surface area contributed by atoms with Crippen LogP contribution in [-0.2, 0) is 26.4 Å². The van der Waals surface area contributed by atoms with E-state index in [0.717, 1.165) is 21.4 Å². The molecule has 1 aliphatic heterocycles. The predicted molar refractivity (Wildman–Crippen MR) is 114 cm³/mol. The number of ether oxygens (including phenoxy) is 4. The number of nitrogens with zero attached hydrogens (tertiary/aromatic N) is 2. The molecule has 2 aromatic heterocycles. The van der Waals surface area contributed by atoms with Crippen LogP contribution in [0.15, 0.2) is 59.3 Å². The van der Waals surface area contributed by atoms with Gasteiger partial charge in [0.2, 0.25) is 0 Å². The van der Waals surface area contributed by atoms with Gasteiger partial charge in [0, 0.05) is 10.8 Å². The zero-order valence-electron chi connectivity index (χ0n) is 15.9. The second kappa shape index (κ2) is 8.73. The Hall–Kier alpha value is -3.10. The van der Waals surface area contributed by atoms with Crippen molar-refractivity contribution in [1.82, 2.24) is 9.97 Å². The number of aromatic nitrogens is 2. The van der Waals surface area contributed by atoms with Crippen LogP contribution in [0.2, 0.25) is 0 Å². The van der Waals surface area contributed by atoms with E-state index in [-0.39, 0.29) is 0 Å². The third kappa shape index (κ3) is 4.39. The van der Waals surface area contributed by atoms with Crippen LogP contribution >= 0.6 is 22.7 Å². The molecular formula is C22H18N2O4S2. The number of thiazole rings is 2. The Morgan fingerprint density at radius 1 is 0.533 bits per heavy atom. The molecule has 3 heterocycles. The summed E-state index contributed by atoms with van der Waals surface area (Å²) in [4.78, 5) is 9.22. The van der Waals surface area contributed by atoms with Crippen molar-refractivity contribution in [3.63, 3.8) is 0 Å². The summed E-state index contributed by atoms with van der Waals surface area (Å²) in [5.41, 5.74) is 1.70. The molecule has 1 aliphatic rings. The Balaban J connectivity index is 1.42. The normalized spacial score (nSPS) is 13.9. The Kier molecular flexibility index (Phi) is 5.50. The van der Waals surface area contributed by atoms with Crippen molar-refractivity contribution in [3.8, 4) is 23.0 Å². The molecular weight excluding hydrogens is 420 g/mol. The topological polar surface area (TPSA) is 62.7 Å². The van der Waals surface area contributed by atoms with Crippen molar-refractivity contribution in [2.24, 2.45) is 0 Å². The molecule has 8 heteroatoms. The van der Waals surface area contributed by atoms with Crippen LogP contribution in [0.1, 0.15) is 21.4 Å². The molecule has 0 fully saturated rings. The quantitative estimate of drug-likeness (QED) is 0.375. The summed E-state index contributed by atoms with van der Waals surface area (Å²) in [5, 5.41) is 5.71. The van der Waals surface area contributed by atoms with Crippen LogP contribution in [0.25, 0.3) is 0 Å². The van der Waals surface area contributed by atoms with E-state index in [2.05, 4.69) is 9.97 Å². The summed E-state index contributed by atoms with van der Waals surface area (Å²) in [7, 11) is 0. The molecule has 30 heavy (non-hydrogen) atoms. The molecule has 6 nitrogen and oxygen atoms in total. The van der Waals surface area contributed by atoms with Gasteiger partial charge < -0.3 is 18.9 Å². The number of benzene rings is 2. The minimum Gasteiger partial charge on any atom is -0.483 e. The van der Waals surface area contributed by atoms with Crippen molar-refractivity contribution in [3.05, 3.63) is 80.7 Å². The fourth-order valence-electron chi connectivity index (χ4n) is 2.92. The van der Waals surface area contributed by atoms with Crippen LogP contribution in [0, 0.1) is 0 Å². The highest BCUT2D eigenvalue weighted by atomic mass is 32.1. The maximum Gasteiger partial charge on any atom is 0.161 e. The van der Waals surface area contributed by atoms with E-state index in [0.29, 0.717) is 49.4 Å². The second-order valence-corrected chi connectivity index (χ2v) is 8.40. The van der Waals surface area contributed by atoms with Crippen LogP contribution in [-0.4, -0.2) is 9.97 Å². The van der Waals surface area contributed by atoms with Crippen molar-refractivity contribution < 1.29 is 18.9 Å². The van der Waals surface area contributed by atoms with E-state index in [1.54, 1.807) is 22.7 Å². The number of rotatable bonds is 0. The van der Waals surface area contributed by atoms with Crippen molar-refractivity contribution in [1.29, 1.82) is 0 Å². The highest BCUT2D eigenvalue weighted by molar-refractivity contribution is 7.09. The minimum absolute atomic E-state index is 0.359. The first-order chi connectivity index (χ1) is 14.8. The molecule has 0 aliphatic carbocycles. The van der Waals surface area contributed by atoms with Gasteiger partial charge in [0.1, 0.15) is 36.4 Å². The average molecular weight is 439 g/mol. The standard InChI is InChI=1S/C22H18N2O4S2/c1-2-6-18-17(5-1)25-9-15-13-29-21(23-15)11-27-19-7-3-4-8-20(19)28-12-22-24-16(10-26-18)14-30-22/h1-8,13-14H,9-12H2. The van der Waals surface area contributed by atoms with E-state index >= 15 is 0 Å². The van der Waals surface area contributed by atoms with Crippen LogP contribution < -0.4 is 18.9 Å². The first kappa shape index (κ1) is 18.9. The molecule has 4 bridgehead atoms. The van der Waals surface area contributed by atoms with Crippen molar-refractivity contribution in [2.45, 2.75) is 26.4 Å². The van der Waals surface area contributed by atoms with Gasteiger partial charge in [-0.1, -0.05) is 24.3 Å². The number of para-hydroxylation sites is 4. The number of fused-ring (bicyclic) bond motifs is 6. The molecule has 0 N–H and O–H groups in total. The van der Waals surface area contributed by atoms with E-state index in [4.69, 9.17) is 18.9 Å². The number of hydrogen-bond donors (Lipinski definition) is 0. The molecule has 0 atom stereocenters. The third-order valence-corrected chi connectivity index (χ3v) is 6.09. The lowest BCUT2D eigenvalue weighted by Crippen LogP contribution is -2.03. The first-order valence-electron chi connectivity index (χ1n) is 9.39. The van der Waals surface area contributed by atoms with Gasteiger partial charge in [-0.2, -0.15) is 0 Å². The first-order valence-corrected chi connectivity index (χ1v) is 11.2. The summed E-state index contributed by atoms with van der Waals surface area (Å²) in [6.45, 7) is 1.45. The van der Waals surface area contributed by atoms with Gasteiger partial charge in [-0.05, 0) is 24.3 Å². The second-order valence-electron chi connectivity index (χ2n) is 6.51. The monoisotopic (exact) mass is 438 g/mol. The van der Waals surface area contributed by atoms with Crippen LogP contribution in [0.4, 0.5) is 0 Å². The van der Waals surface area contributed by atoms with E-state index in [1.165, 1.54) is 0 Å². The zero-order valence-corrected chi connectivity index (χ0v) is 17.6. The molecule has 0 unspecified atom stereocenters. The van der Waals surface area contributed by atoms with E-state index in [9.17, 15) is 0 Å². The maximum atomic E-state index is 5.97. The molecule has 0 amide bonds. The van der Waals surface area contributed by atoms with Crippen molar-refractivity contribution >= 4 is 22.7 Å². The number of hydrogen-bond acceptors (Lipinski definition) is 8. The lowest BCUT2D eigenvalue weighted by Gasteiger charge is -2.12. The molecule has 4 aromatic rings. The Labute approximate surface area is 181 Å². The fourth-order valence-corrected chi connectivity index (χ4v) is 4.30. The highest BCUT2D eigenvalue weighted by Crippen LogP contribution is 2.31. The molecule has 2 aromatic carbocycles. The van der Waals surface area contributed by atoms with Crippen molar-refractivity contribution in [2.75, 3.05) is 0 Å². The van der Waals surface area contributed by atoms with Gasteiger partial charge in [0.05, 0.1) is 11.4 Å². The molecule has 0 saturated carbocycles. The van der Waals surface area contributed by atoms with E-state index < -0.39 is 0 Å². The zero-order chi connectivity index (χ0) is 20.2. The maximum absolute atomic E-state index is 5.97. The SMILES string of the molecule is c1ccc2c(c1)OCc1csc(n1)COc1ccccc1OCc1nc(cs1)CO2. The summed E-state index contributed by atoms with van der Waals surface area (Å²) in [5.74, 6) is 2.72. The van der Waals surface area contributed by atoms with Gasteiger partial charge in [-0.25, -0.2) is 9.97 Å². The largest absolute Gasteiger partial charge is 0.483 e. The fraction of sp³-hybridized carbons (Fsp3) is 0.182. The van der Waals surface area contributed by atoms with Gasteiger partial charge in [-0.3, -0.25) is 0 Å². The molecule has 0 spiro atoms. The Morgan fingerprint density at radius 3 is 1.30 bits per heavy atom. The average Bonchev–Trinajstić information content (AvgIpc) is 3.43. The van der Waals surface area contributed by atoms with Crippen LogP contribution in [0.3, 0.4) is 0 Å². The van der Waals surface area contributed by atoms with Gasteiger partial charge >= 0.3 is 0 Å².